The van der Waals surface area contributed by atoms with E-state index >= 15 is 0 Å². The van der Waals surface area contributed by atoms with Gasteiger partial charge in [0.2, 0.25) is 5.91 Å². The summed E-state index contributed by atoms with van der Waals surface area (Å²) in [5, 5.41) is 14.4. The predicted molar refractivity (Wildman–Crippen MR) is 79.6 cm³/mol. The Hall–Kier alpha value is -2.07. The molecular formula is C16H18N2O2. The normalized spacial score (nSPS) is 16.6. The molecule has 2 aromatic carbocycles. The minimum atomic E-state index is -0.404. The van der Waals surface area contributed by atoms with Gasteiger partial charge in [-0.05, 0) is 25.0 Å². The van der Waals surface area contributed by atoms with Crippen LogP contribution >= 0.6 is 0 Å². The molecule has 2 aromatic rings. The summed E-state index contributed by atoms with van der Waals surface area (Å²) in [5.41, 5.74) is 6.08. The quantitative estimate of drug-likeness (QED) is 0.802. The predicted octanol–water partition coefficient (Wildman–Crippen LogP) is 2.61. The highest BCUT2D eigenvalue weighted by Gasteiger charge is 2.42. The second-order valence-corrected chi connectivity index (χ2v) is 5.47. The summed E-state index contributed by atoms with van der Waals surface area (Å²) >= 11 is 0. The number of nitrogens with two attached hydrogens (primary N) is 1. The van der Waals surface area contributed by atoms with E-state index < -0.39 is 5.41 Å². The first-order valence-electron chi connectivity index (χ1n) is 6.88. The maximum Gasteiger partial charge on any atom is 0.231 e. The van der Waals surface area contributed by atoms with Gasteiger partial charge in [0.05, 0.1) is 5.41 Å². The van der Waals surface area contributed by atoms with Gasteiger partial charge in [0.25, 0.3) is 0 Å². The number of hydrogen-bond acceptors (Lipinski definition) is 3. The van der Waals surface area contributed by atoms with E-state index in [1.165, 1.54) is 0 Å². The third-order valence-corrected chi connectivity index (χ3v) is 4.33. The molecule has 0 aromatic heterocycles. The van der Waals surface area contributed by atoms with Crippen LogP contribution in [0.1, 0.15) is 19.3 Å². The SMILES string of the molecule is NCC1(C(=O)Nc2cccc3c(O)cccc23)CCC1. The zero-order chi connectivity index (χ0) is 14.2. The fraction of sp³-hybridized carbons (Fsp3) is 0.312. The van der Waals surface area contributed by atoms with Crippen molar-refractivity contribution in [3.8, 4) is 5.75 Å². The van der Waals surface area contributed by atoms with E-state index in [4.69, 9.17) is 5.73 Å². The molecule has 0 aliphatic heterocycles. The number of carbonyl (C=O) groups excluding carboxylic acids is 1. The van der Waals surface area contributed by atoms with Gasteiger partial charge in [-0.2, -0.15) is 0 Å². The van der Waals surface area contributed by atoms with Crippen molar-refractivity contribution in [2.45, 2.75) is 19.3 Å². The molecule has 0 spiro atoms. The van der Waals surface area contributed by atoms with Gasteiger partial charge < -0.3 is 16.2 Å². The van der Waals surface area contributed by atoms with Gasteiger partial charge in [-0.3, -0.25) is 4.79 Å². The Morgan fingerprint density at radius 2 is 1.90 bits per heavy atom. The van der Waals surface area contributed by atoms with Gasteiger partial charge in [0.1, 0.15) is 5.75 Å². The molecule has 0 unspecified atom stereocenters. The lowest BCUT2D eigenvalue weighted by atomic mass is 9.68. The largest absolute Gasteiger partial charge is 0.507 e. The molecule has 4 N–H and O–H groups in total. The molecule has 3 rings (SSSR count). The van der Waals surface area contributed by atoms with Crippen LogP contribution < -0.4 is 11.1 Å². The first-order valence-corrected chi connectivity index (χ1v) is 6.88. The van der Waals surface area contributed by atoms with Crippen molar-refractivity contribution in [3.63, 3.8) is 0 Å². The lowest BCUT2D eigenvalue weighted by molar-refractivity contribution is -0.129. The van der Waals surface area contributed by atoms with Gasteiger partial charge in [-0.1, -0.05) is 30.7 Å². The van der Waals surface area contributed by atoms with Crippen LogP contribution in [0, 0.1) is 5.41 Å². The Labute approximate surface area is 117 Å². The smallest absolute Gasteiger partial charge is 0.231 e. The third-order valence-electron chi connectivity index (χ3n) is 4.33. The average molecular weight is 270 g/mol. The standard InChI is InChI=1S/C16H18N2O2/c17-10-16(8-3-9-16)15(20)18-13-6-1-5-12-11(13)4-2-7-14(12)19/h1-2,4-7,19H,3,8-10,17H2,(H,18,20). The van der Waals surface area contributed by atoms with Gasteiger partial charge in [0.15, 0.2) is 0 Å². The number of anilines is 1. The van der Waals surface area contributed by atoms with E-state index in [2.05, 4.69) is 5.32 Å². The highest BCUT2D eigenvalue weighted by atomic mass is 16.3. The van der Waals surface area contributed by atoms with Crippen molar-refractivity contribution in [2.75, 3.05) is 11.9 Å². The Morgan fingerprint density at radius 1 is 1.20 bits per heavy atom. The number of phenolic OH excluding ortho intramolecular Hbond substituents is 1. The molecule has 1 aliphatic carbocycles. The van der Waals surface area contributed by atoms with E-state index in [0.717, 1.165) is 35.7 Å². The minimum Gasteiger partial charge on any atom is -0.507 e. The Bertz CT molecular complexity index is 657. The summed E-state index contributed by atoms with van der Waals surface area (Å²) < 4.78 is 0. The number of phenols is 1. The molecule has 4 heteroatoms. The fourth-order valence-electron chi connectivity index (χ4n) is 2.78. The van der Waals surface area contributed by atoms with Gasteiger partial charge in [0, 0.05) is 23.0 Å². The van der Waals surface area contributed by atoms with Crippen LogP contribution in [0.5, 0.6) is 5.75 Å². The number of nitrogens with one attached hydrogen (secondary N) is 1. The van der Waals surface area contributed by atoms with Crippen LogP contribution in [0.2, 0.25) is 0 Å². The van der Waals surface area contributed by atoms with Gasteiger partial charge in [-0.25, -0.2) is 0 Å². The molecule has 4 nitrogen and oxygen atoms in total. The molecule has 1 aliphatic rings. The molecule has 1 saturated carbocycles. The van der Waals surface area contributed by atoms with Crippen LogP contribution in [-0.2, 0) is 4.79 Å². The Balaban J connectivity index is 1.95. The number of aromatic hydroxyl groups is 1. The molecule has 1 amide bonds. The second kappa shape index (κ2) is 4.80. The topological polar surface area (TPSA) is 75.4 Å². The van der Waals surface area contributed by atoms with E-state index in [-0.39, 0.29) is 11.7 Å². The number of amides is 1. The van der Waals surface area contributed by atoms with Crippen molar-refractivity contribution in [2.24, 2.45) is 11.1 Å². The molecule has 0 heterocycles. The number of benzene rings is 2. The number of rotatable bonds is 3. The Kier molecular flexibility index (Phi) is 3.10. The maximum absolute atomic E-state index is 12.4. The first kappa shape index (κ1) is 12.9. The third kappa shape index (κ3) is 1.93. The number of hydrogen-bond donors (Lipinski definition) is 3. The molecule has 20 heavy (non-hydrogen) atoms. The Morgan fingerprint density at radius 3 is 2.55 bits per heavy atom. The monoisotopic (exact) mass is 270 g/mol. The van der Waals surface area contributed by atoms with Crippen LogP contribution in [0.15, 0.2) is 36.4 Å². The van der Waals surface area contributed by atoms with E-state index in [0.29, 0.717) is 6.54 Å². The molecule has 0 atom stereocenters. The molecule has 1 fully saturated rings. The second-order valence-electron chi connectivity index (χ2n) is 5.47. The van der Waals surface area contributed by atoms with Gasteiger partial charge in [-0.15, -0.1) is 0 Å². The number of fused-ring (bicyclic) bond motifs is 1. The summed E-state index contributed by atoms with van der Waals surface area (Å²) in [6.07, 6.45) is 2.76. The van der Waals surface area contributed by atoms with Crippen LogP contribution in [0.4, 0.5) is 5.69 Å². The maximum atomic E-state index is 12.4. The van der Waals surface area contributed by atoms with E-state index in [9.17, 15) is 9.90 Å². The first-order chi connectivity index (χ1) is 9.66. The molecule has 104 valence electrons. The molecule has 0 radical (unpaired) electrons. The lowest BCUT2D eigenvalue weighted by Gasteiger charge is -2.39. The molecule has 0 bridgehead atoms. The van der Waals surface area contributed by atoms with Gasteiger partial charge >= 0.3 is 0 Å². The zero-order valence-electron chi connectivity index (χ0n) is 11.2. The van der Waals surface area contributed by atoms with Crippen molar-refractivity contribution < 1.29 is 9.90 Å². The van der Waals surface area contributed by atoms with Crippen molar-refractivity contribution in [1.82, 2.24) is 0 Å². The molecular weight excluding hydrogens is 252 g/mol. The van der Waals surface area contributed by atoms with Crippen LogP contribution in [-0.4, -0.2) is 17.6 Å². The van der Waals surface area contributed by atoms with E-state index in [1.807, 2.05) is 24.3 Å². The molecule has 0 saturated heterocycles. The lowest BCUT2D eigenvalue weighted by Crippen LogP contribution is -2.47. The highest BCUT2D eigenvalue weighted by Crippen LogP contribution is 2.41. The van der Waals surface area contributed by atoms with Crippen LogP contribution in [0.25, 0.3) is 10.8 Å². The minimum absolute atomic E-state index is 0.0120. The highest BCUT2D eigenvalue weighted by molar-refractivity contribution is 6.05. The van der Waals surface area contributed by atoms with Crippen molar-refractivity contribution in [1.29, 1.82) is 0 Å². The van der Waals surface area contributed by atoms with E-state index in [1.54, 1.807) is 12.1 Å². The summed E-state index contributed by atoms with van der Waals surface area (Å²) in [7, 11) is 0. The summed E-state index contributed by atoms with van der Waals surface area (Å²) in [6, 6.07) is 10.8. The van der Waals surface area contributed by atoms with Crippen LogP contribution in [0.3, 0.4) is 0 Å². The van der Waals surface area contributed by atoms with Crippen molar-refractivity contribution in [3.05, 3.63) is 36.4 Å². The average Bonchev–Trinajstić information content (AvgIpc) is 2.39. The van der Waals surface area contributed by atoms with Crippen molar-refractivity contribution >= 4 is 22.4 Å². The zero-order valence-corrected chi connectivity index (χ0v) is 11.2. The summed E-state index contributed by atoms with van der Waals surface area (Å²) in [5.74, 6) is 0.206. The fourth-order valence-corrected chi connectivity index (χ4v) is 2.78. The summed E-state index contributed by atoms with van der Waals surface area (Å²) in [6.45, 7) is 0.384. The number of carbonyl (C=O) groups is 1. The summed E-state index contributed by atoms with van der Waals surface area (Å²) in [4.78, 5) is 12.4.